The molecular weight excluding hydrogens is 1060 g/mol. The number of nitrogens with one attached hydrogen (secondary N) is 2. The van der Waals surface area contributed by atoms with Crippen LogP contribution in [0.4, 0.5) is 0 Å². The number of hydrogen-bond acceptors (Lipinski definition) is 20. The van der Waals surface area contributed by atoms with Gasteiger partial charge in [-0.2, -0.15) is 0 Å². The lowest BCUT2D eigenvalue weighted by atomic mass is 9.88. The Kier molecular flexibility index (Phi) is 36.6. The number of carbonyl (C=O) groups is 3. The summed E-state index contributed by atoms with van der Waals surface area (Å²) in [7, 11) is 0. The van der Waals surface area contributed by atoms with Crippen LogP contribution in [-0.4, -0.2) is 215 Å². The van der Waals surface area contributed by atoms with Gasteiger partial charge in [0.2, 0.25) is 11.8 Å². The van der Waals surface area contributed by atoms with Gasteiger partial charge in [0, 0.05) is 19.8 Å². The minimum absolute atomic E-state index is 0.214. The van der Waals surface area contributed by atoms with Crippen LogP contribution in [0.1, 0.15) is 201 Å². The molecule has 3 saturated heterocycles. The number of carbonyl (C=O) groups excluding carboxylic acids is 2. The molecule has 3 rings (SSSR count). The largest absolute Gasteiger partial charge is 0.477 e. The first-order chi connectivity index (χ1) is 38.9. The first-order valence-corrected chi connectivity index (χ1v) is 30.5. The zero-order chi connectivity index (χ0) is 59.7. The van der Waals surface area contributed by atoms with Gasteiger partial charge >= 0.3 is 5.97 Å². The lowest BCUT2D eigenvalue weighted by Gasteiger charge is -2.50. The Bertz CT molecular complexity index is 1720. The van der Waals surface area contributed by atoms with Crippen LogP contribution in [0.5, 0.6) is 0 Å². The number of carboxylic acid groups (broad SMARTS) is 1. The average molecular weight is 1170 g/mol. The van der Waals surface area contributed by atoms with E-state index in [0.717, 1.165) is 71.1 Å². The van der Waals surface area contributed by atoms with Crippen molar-refractivity contribution in [3.63, 3.8) is 0 Å². The van der Waals surface area contributed by atoms with E-state index in [1.54, 1.807) is 0 Å². The van der Waals surface area contributed by atoms with Gasteiger partial charge in [0.05, 0.1) is 50.7 Å². The van der Waals surface area contributed by atoms with Gasteiger partial charge in [-0.1, -0.05) is 154 Å². The van der Waals surface area contributed by atoms with Crippen molar-refractivity contribution < 1.29 is 104 Å². The molecule has 474 valence electrons. The van der Waals surface area contributed by atoms with Crippen LogP contribution in [0, 0.1) is 0 Å². The summed E-state index contributed by atoms with van der Waals surface area (Å²) in [6, 6.07) is -2.53. The zero-order valence-electron chi connectivity index (χ0n) is 48.6. The van der Waals surface area contributed by atoms with Crippen molar-refractivity contribution in [3.8, 4) is 0 Å². The monoisotopic (exact) mass is 1170 g/mol. The Balaban J connectivity index is 1.63. The summed E-state index contributed by atoms with van der Waals surface area (Å²) in [5, 5.41) is 135. The fourth-order valence-electron chi connectivity index (χ4n) is 10.8. The summed E-state index contributed by atoms with van der Waals surface area (Å²) in [5.41, 5.74) is 0. The van der Waals surface area contributed by atoms with Crippen molar-refractivity contribution in [2.45, 2.75) is 310 Å². The SMILES string of the molecule is CCCCCCCCCCC/C=C\CCCCCCCC(=O)NC(COC1OC(CO)C(OC2OC(CO)C(O)C(OC3(C(=O)O)CC(O)C(NC(C)=O)C(C(O)C(O)CO)O3)C2O)C(O)C1O)C(O)CCCCCCCCCCC. The second kappa shape index (κ2) is 40.7. The Hall–Kier alpha value is -2.53. The molecule has 2 amide bonds. The van der Waals surface area contributed by atoms with Crippen molar-refractivity contribution in [2.24, 2.45) is 0 Å². The molecule has 3 aliphatic rings. The van der Waals surface area contributed by atoms with E-state index < -0.39 is 148 Å². The quantitative estimate of drug-likeness (QED) is 0.0308. The van der Waals surface area contributed by atoms with Crippen LogP contribution in [0.3, 0.4) is 0 Å². The molecule has 18 unspecified atom stereocenters. The van der Waals surface area contributed by atoms with Crippen LogP contribution in [0.2, 0.25) is 0 Å². The standard InChI is InChI=1S/C58H106N2O21/c1-4-6-8-10-12-14-15-16-17-18-19-20-21-22-24-26-28-30-32-45(68)60-39(40(65)31-29-27-25-23-13-11-9-7-5-2)37-76-55-50(72)49(71)52(44(36-63)78-55)79-56-51(73)54(48(70)43(35-62)77-56)81-58(57(74)75)33-41(66)46(59-38(3)64)53(80-58)47(69)42(67)34-61/h19-20,39-44,46-56,61-63,65-67,69-73H,4-18,21-37H2,1-3H3,(H,59,64)(H,60,68)(H,74,75)/b20-19-. The molecule has 0 aromatic rings. The minimum Gasteiger partial charge on any atom is -0.477 e. The molecule has 0 spiro atoms. The normalized spacial score (nSPS) is 30.5. The van der Waals surface area contributed by atoms with Gasteiger partial charge in [-0.15, -0.1) is 0 Å². The summed E-state index contributed by atoms with van der Waals surface area (Å²) < 4.78 is 34.7. The lowest BCUT2D eigenvalue weighted by molar-refractivity contribution is -0.386. The third-order valence-electron chi connectivity index (χ3n) is 15.7. The number of unbranched alkanes of at least 4 members (excludes halogenated alkanes) is 22. The molecule has 3 fully saturated rings. The maximum Gasteiger partial charge on any atom is 0.364 e. The zero-order valence-corrected chi connectivity index (χ0v) is 48.6. The van der Waals surface area contributed by atoms with Gasteiger partial charge in [0.15, 0.2) is 12.6 Å². The maximum absolute atomic E-state index is 13.3. The van der Waals surface area contributed by atoms with Crippen LogP contribution in [0.15, 0.2) is 12.2 Å². The van der Waals surface area contributed by atoms with Gasteiger partial charge in [-0.25, -0.2) is 4.79 Å². The summed E-state index contributed by atoms with van der Waals surface area (Å²) in [6.45, 7) is 2.13. The molecule has 0 saturated carbocycles. The number of aliphatic hydroxyl groups is 11. The summed E-state index contributed by atoms with van der Waals surface area (Å²) in [5.74, 6) is -6.11. The number of ether oxygens (including phenoxy) is 6. The molecule has 0 radical (unpaired) electrons. The third-order valence-corrected chi connectivity index (χ3v) is 15.7. The maximum atomic E-state index is 13.3. The Morgan fingerprint density at radius 1 is 0.630 bits per heavy atom. The highest BCUT2D eigenvalue weighted by atomic mass is 16.8. The molecule has 3 heterocycles. The second-order valence-electron chi connectivity index (χ2n) is 22.6. The molecule has 81 heavy (non-hydrogen) atoms. The van der Waals surface area contributed by atoms with E-state index in [2.05, 4.69) is 36.6 Å². The Labute approximate surface area is 480 Å². The first kappa shape index (κ1) is 72.7. The number of allylic oxidation sites excluding steroid dienone is 2. The van der Waals surface area contributed by atoms with E-state index in [4.69, 9.17) is 28.4 Å². The van der Waals surface area contributed by atoms with Crippen LogP contribution in [-0.2, 0) is 42.8 Å². The molecule has 0 aromatic heterocycles. The van der Waals surface area contributed by atoms with Crippen LogP contribution >= 0.6 is 0 Å². The predicted octanol–water partition coefficient (Wildman–Crippen LogP) is 2.78. The lowest BCUT2D eigenvalue weighted by Crippen LogP contribution is -2.70. The molecule has 18 atom stereocenters. The van der Waals surface area contributed by atoms with Crippen molar-refractivity contribution in [1.82, 2.24) is 10.6 Å². The smallest absolute Gasteiger partial charge is 0.364 e. The Morgan fingerprint density at radius 3 is 1.67 bits per heavy atom. The van der Waals surface area contributed by atoms with Gasteiger partial charge < -0.3 is 100 Å². The van der Waals surface area contributed by atoms with E-state index in [1.165, 1.54) is 83.5 Å². The van der Waals surface area contributed by atoms with Gasteiger partial charge in [-0.05, 0) is 38.5 Å². The molecule has 3 aliphatic heterocycles. The number of aliphatic hydroxyl groups excluding tert-OH is 11. The molecule has 23 nitrogen and oxygen atoms in total. The molecular formula is C58H106N2O21. The van der Waals surface area contributed by atoms with Crippen LogP contribution in [0.25, 0.3) is 0 Å². The predicted molar refractivity (Wildman–Crippen MR) is 297 cm³/mol. The molecule has 0 aliphatic carbocycles. The average Bonchev–Trinajstić information content (AvgIpc) is 3.44. The summed E-state index contributed by atoms with van der Waals surface area (Å²) in [6.07, 6.45) is 4.06. The molecule has 0 bridgehead atoms. The topological polar surface area (TPSA) is 373 Å². The second-order valence-corrected chi connectivity index (χ2v) is 22.6. The van der Waals surface area contributed by atoms with E-state index in [9.17, 15) is 75.7 Å². The molecule has 23 heteroatoms. The van der Waals surface area contributed by atoms with Gasteiger partial charge in [0.1, 0.15) is 67.1 Å². The number of amides is 2. The highest BCUT2D eigenvalue weighted by Gasteiger charge is 2.60. The number of hydrogen-bond donors (Lipinski definition) is 14. The minimum atomic E-state index is -3.08. The van der Waals surface area contributed by atoms with Gasteiger partial charge in [-0.3, -0.25) is 9.59 Å². The number of aliphatic carboxylic acids is 1. The van der Waals surface area contributed by atoms with E-state index in [0.29, 0.717) is 19.3 Å². The van der Waals surface area contributed by atoms with E-state index in [1.807, 2.05) is 0 Å². The van der Waals surface area contributed by atoms with E-state index in [-0.39, 0.29) is 18.9 Å². The van der Waals surface area contributed by atoms with Gasteiger partial charge in [0.25, 0.3) is 5.79 Å². The highest BCUT2D eigenvalue weighted by Crippen LogP contribution is 2.38. The highest BCUT2D eigenvalue weighted by molar-refractivity contribution is 5.77. The first-order valence-electron chi connectivity index (χ1n) is 30.5. The fraction of sp³-hybridized carbons (Fsp3) is 0.914. The third kappa shape index (κ3) is 25.1. The van der Waals surface area contributed by atoms with E-state index >= 15 is 0 Å². The number of rotatable bonds is 44. The van der Waals surface area contributed by atoms with Crippen molar-refractivity contribution in [3.05, 3.63) is 12.2 Å². The van der Waals surface area contributed by atoms with Crippen molar-refractivity contribution in [1.29, 1.82) is 0 Å². The van der Waals surface area contributed by atoms with Crippen LogP contribution < -0.4 is 10.6 Å². The Morgan fingerprint density at radius 2 is 1.15 bits per heavy atom. The number of carboxylic acids is 1. The fourth-order valence-corrected chi connectivity index (χ4v) is 10.8. The molecule has 0 aromatic carbocycles. The van der Waals surface area contributed by atoms with Crippen molar-refractivity contribution >= 4 is 17.8 Å². The molecule has 14 N–H and O–H groups in total. The summed E-state index contributed by atoms with van der Waals surface area (Å²) in [4.78, 5) is 38.3. The van der Waals surface area contributed by atoms with Crippen molar-refractivity contribution in [2.75, 3.05) is 26.4 Å². The summed E-state index contributed by atoms with van der Waals surface area (Å²) >= 11 is 0.